The predicted molar refractivity (Wildman–Crippen MR) is 119 cm³/mol. The van der Waals surface area contributed by atoms with Crippen molar-refractivity contribution in [1.29, 1.82) is 0 Å². The van der Waals surface area contributed by atoms with Crippen LogP contribution in [-0.2, 0) is 9.59 Å². The Morgan fingerprint density at radius 1 is 0.935 bits per heavy atom. The zero-order chi connectivity index (χ0) is 22.7. The fourth-order valence-corrected chi connectivity index (χ4v) is 3.53. The number of benzene rings is 2. The van der Waals surface area contributed by atoms with Crippen LogP contribution in [0.1, 0.15) is 5.56 Å². The zero-order valence-electron chi connectivity index (χ0n) is 18.4. The molecular formula is C23H27N3O5. The number of nitrogens with zero attached hydrogens (tertiary/aromatic N) is 3. The number of aliphatic hydroxyl groups is 1. The lowest BCUT2D eigenvalue weighted by Gasteiger charge is -2.21. The van der Waals surface area contributed by atoms with Crippen molar-refractivity contribution in [1.82, 2.24) is 4.90 Å². The highest BCUT2D eigenvalue weighted by atomic mass is 16.5. The molecule has 3 rings (SSSR count). The Balaban J connectivity index is 2.15. The van der Waals surface area contributed by atoms with Gasteiger partial charge in [-0.3, -0.25) is 9.59 Å². The molecule has 31 heavy (non-hydrogen) atoms. The van der Waals surface area contributed by atoms with Crippen molar-refractivity contribution in [2.75, 3.05) is 58.3 Å². The number of hydrogen-bond acceptors (Lipinski definition) is 7. The number of carbonyl (C=O) groups is 2. The van der Waals surface area contributed by atoms with E-state index in [1.54, 1.807) is 48.3 Å². The molecule has 0 radical (unpaired) electrons. The fourth-order valence-electron chi connectivity index (χ4n) is 3.53. The maximum atomic E-state index is 13.5. The third kappa shape index (κ3) is 4.06. The molecule has 0 bridgehead atoms. The number of ether oxygens (including phenoxy) is 2. The van der Waals surface area contributed by atoms with E-state index in [9.17, 15) is 14.7 Å². The Morgan fingerprint density at radius 2 is 1.65 bits per heavy atom. The van der Waals surface area contributed by atoms with Crippen molar-refractivity contribution in [3.8, 4) is 11.5 Å². The Labute approximate surface area is 181 Å². The number of anilines is 2. The van der Waals surface area contributed by atoms with Crippen molar-refractivity contribution in [3.63, 3.8) is 0 Å². The minimum Gasteiger partial charge on any atom is -0.493 e. The average Bonchev–Trinajstić information content (AvgIpc) is 3.03. The van der Waals surface area contributed by atoms with Crippen LogP contribution >= 0.6 is 0 Å². The molecular weight excluding hydrogens is 398 g/mol. The monoisotopic (exact) mass is 425 g/mol. The van der Waals surface area contributed by atoms with Gasteiger partial charge in [0.05, 0.1) is 32.1 Å². The third-order valence-corrected chi connectivity index (χ3v) is 5.15. The first-order valence-corrected chi connectivity index (χ1v) is 9.78. The standard InChI is InChI=1S/C23H27N3O5/c1-24(2)16-7-6-8-17(14-16)26-22(28)20(21(23(26)29)25(3)11-12-27)15-9-10-18(30-4)19(13-15)31-5/h6-10,13-14,27H,11-12H2,1-5H3. The van der Waals surface area contributed by atoms with Gasteiger partial charge in [-0.25, -0.2) is 4.90 Å². The van der Waals surface area contributed by atoms with E-state index in [0.29, 0.717) is 22.7 Å². The summed E-state index contributed by atoms with van der Waals surface area (Å²) in [4.78, 5) is 31.6. The number of methoxy groups -OCH3 is 2. The molecule has 8 nitrogen and oxygen atoms in total. The molecule has 0 spiro atoms. The molecule has 2 aromatic rings. The molecule has 8 heteroatoms. The van der Waals surface area contributed by atoms with Crippen molar-refractivity contribution >= 4 is 28.8 Å². The number of likely N-dealkylation sites (N-methyl/N-ethyl adjacent to an activating group) is 1. The van der Waals surface area contributed by atoms with Gasteiger partial charge in [0, 0.05) is 33.4 Å². The van der Waals surface area contributed by atoms with Gasteiger partial charge in [0.15, 0.2) is 11.5 Å². The summed E-state index contributed by atoms with van der Waals surface area (Å²) in [7, 11) is 8.49. The summed E-state index contributed by atoms with van der Waals surface area (Å²) in [5.41, 5.74) is 2.34. The van der Waals surface area contributed by atoms with E-state index in [4.69, 9.17) is 9.47 Å². The topological polar surface area (TPSA) is 82.6 Å². The number of aliphatic hydroxyl groups excluding tert-OH is 1. The number of rotatable bonds is 8. The first kappa shape index (κ1) is 22.2. The van der Waals surface area contributed by atoms with Crippen LogP contribution in [-0.4, -0.2) is 70.3 Å². The molecule has 0 unspecified atom stereocenters. The maximum absolute atomic E-state index is 13.5. The molecule has 0 aliphatic carbocycles. The van der Waals surface area contributed by atoms with Crippen molar-refractivity contribution < 1.29 is 24.2 Å². The molecule has 1 aliphatic heterocycles. The largest absolute Gasteiger partial charge is 0.493 e. The lowest BCUT2D eigenvalue weighted by atomic mass is 10.0. The second kappa shape index (κ2) is 9.09. The van der Waals surface area contributed by atoms with E-state index in [0.717, 1.165) is 5.69 Å². The van der Waals surface area contributed by atoms with Crippen LogP contribution in [0, 0.1) is 0 Å². The zero-order valence-corrected chi connectivity index (χ0v) is 18.4. The minimum atomic E-state index is -0.443. The molecule has 0 saturated heterocycles. The van der Waals surface area contributed by atoms with Crippen molar-refractivity contribution in [3.05, 3.63) is 53.7 Å². The summed E-state index contributed by atoms with van der Waals surface area (Å²) in [6, 6.07) is 12.3. The number of amides is 2. The summed E-state index contributed by atoms with van der Waals surface area (Å²) >= 11 is 0. The SMILES string of the molecule is COc1ccc(C2=C(N(C)CCO)C(=O)N(c3cccc(N(C)C)c3)C2=O)cc1OC. The van der Waals surface area contributed by atoms with E-state index >= 15 is 0 Å². The number of carbonyl (C=O) groups excluding carboxylic acids is 2. The molecule has 0 saturated carbocycles. The van der Waals surface area contributed by atoms with Gasteiger partial charge < -0.3 is 24.4 Å². The quantitative estimate of drug-likeness (QED) is 0.648. The van der Waals surface area contributed by atoms with E-state index in [1.165, 1.54) is 19.1 Å². The first-order chi connectivity index (χ1) is 14.8. The van der Waals surface area contributed by atoms with Crippen molar-refractivity contribution in [2.24, 2.45) is 0 Å². The molecule has 0 fully saturated rings. The second-order valence-corrected chi connectivity index (χ2v) is 7.30. The lowest BCUT2D eigenvalue weighted by Crippen LogP contribution is -2.35. The fraction of sp³-hybridized carbons (Fsp3) is 0.304. The van der Waals surface area contributed by atoms with E-state index in [2.05, 4.69) is 0 Å². The molecule has 2 aromatic carbocycles. The van der Waals surface area contributed by atoms with Gasteiger partial charge in [-0.15, -0.1) is 0 Å². The van der Waals surface area contributed by atoms with Crippen LogP contribution in [0.15, 0.2) is 48.2 Å². The molecule has 1 aliphatic rings. The molecule has 1 N–H and O–H groups in total. The summed E-state index contributed by atoms with van der Waals surface area (Å²) in [6.45, 7) is 0.0491. The highest BCUT2D eigenvalue weighted by molar-refractivity contribution is 6.45. The van der Waals surface area contributed by atoms with Gasteiger partial charge in [0.1, 0.15) is 5.70 Å². The average molecular weight is 425 g/mol. The molecule has 164 valence electrons. The summed E-state index contributed by atoms with van der Waals surface area (Å²) in [5, 5.41) is 9.42. The molecule has 0 aromatic heterocycles. The lowest BCUT2D eigenvalue weighted by molar-refractivity contribution is -0.120. The van der Waals surface area contributed by atoms with Crippen LogP contribution in [0.5, 0.6) is 11.5 Å². The highest BCUT2D eigenvalue weighted by Crippen LogP contribution is 2.38. The number of imide groups is 1. The van der Waals surface area contributed by atoms with E-state index < -0.39 is 11.8 Å². The predicted octanol–water partition coefficient (Wildman–Crippen LogP) is 1.98. The maximum Gasteiger partial charge on any atom is 0.282 e. The molecule has 1 heterocycles. The highest BCUT2D eigenvalue weighted by Gasteiger charge is 2.42. The summed E-state index contributed by atoms with van der Waals surface area (Å²) < 4.78 is 10.7. The first-order valence-electron chi connectivity index (χ1n) is 9.78. The Kier molecular flexibility index (Phi) is 6.50. The van der Waals surface area contributed by atoms with E-state index in [-0.39, 0.29) is 24.4 Å². The molecule has 0 atom stereocenters. The second-order valence-electron chi connectivity index (χ2n) is 7.30. The van der Waals surface area contributed by atoms with Crippen LogP contribution < -0.4 is 19.3 Å². The van der Waals surface area contributed by atoms with Crippen LogP contribution in [0.25, 0.3) is 5.57 Å². The molecule has 2 amide bonds. The Hall–Kier alpha value is -3.52. The van der Waals surface area contributed by atoms with Gasteiger partial charge >= 0.3 is 0 Å². The third-order valence-electron chi connectivity index (χ3n) is 5.15. The Bertz CT molecular complexity index is 1030. The van der Waals surface area contributed by atoms with Gasteiger partial charge in [0.2, 0.25) is 0 Å². The number of hydrogen-bond donors (Lipinski definition) is 1. The van der Waals surface area contributed by atoms with Crippen LogP contribution in [0.2, 0.25) is 0 Å². The van der Waals surface area contributed by atoms with Gasteiger partial charge in [-0.05, 0) is 35.9 Å². The van der Waals surface area contributed by atoms with Crippen LogP contribution in [0.4, 0.5) is 11.4 Å². The van der Waals surface area contributed by atoms with Crippen LogP contribution in [0.3, 0.4) is 0 Å². The van der Waals surface area contributed by atoms with Gasteiger partial charge in [0.25, 0.3) is 11.8 Å². The Morgan fingerprint density at radius 3 is 2.26 bits per heavy atom. The van der Waals surface area contributed by atoms with Crippen molar-refractivity contribution in [2.45, 2.75) is 0 Å². The van der Waals surface area contributed by atoms with E-state index in [1.807, 2.05) is 25.1 Å². The summed E-state index contributed by atoms with van der Waals surface area (Å²) in [5.74, 6) is 0.0870. The van der Waals surface area contributed by atoms with Gasteiger partial charge in [-0.2, -0.15) is 0 Å². The minimum absolute atomic E-state index is 0.156. The smallest absolute Gasteiger partial charge is 0.282 e. The summed E-state index contributed by atoms with van der Waals surface area (Å²) in [6.07, 6.45) is 0. The normalized spacial score (nSPS) is 13.7. The van der Waals surface area contributed by atoms with Gasteiger partial charge in [-0.1, -0.05) is 12.1 Å².